The first-order valence-corrected chi connectivity index (χ1v) is 9.99. The summed E-state index contributed by atoms with van der Waals surface area (Å²) in [6.45, 7) is 7.77. The minimum absolute atomic E-state index is 0.0747. The predicted molar refractivity (Wildman–Crippen MR) is 107 cm³/mol. The third kappa shape index (κ3) is 3.33. The van der Waals surface area contributed by atoms with Crippen molar-refractivity contribution in [3.8, 4) is 11.5 Å². The number of hydrogen-bond donors (Lipinski definition) is 0. The van der Waals surface area contributed by atoms with E-state index in [1.165, 1.54) is 6.42 Å². The highest BCUT2D eigenvalue weighted by molar-refractivity contribution is 6.04. The highest BCUT2D eigenvalue weighted by Crippen LogP contribution is 2.52. The Morgan fingerprint density at radius 1 is 1.18 bits per heavy atom. The van der Waals surface area contributed by atoms with E-state index in [4.69, 9.17) is 14.3 Å². The highest BCUT2D eigenvalue weighted by atomic mass is 16.6. The number of carbonyl (C=O) groups is 1. The summed E-state index contributed by atoms with van der Waals surface area (Å²) >= 11 is 0. The van der Waals surface area contributed by atoms with E-state index < -0.39 is 6.10 Å². The number of likely N-dealkylation sites (tertiary alicyclic amines) is 1. The monoisotopic (exact) mass is 386 g/mol. The summed E-state index contributed by atoms with van der Waals surface area (Å²) in [5.74, 6) is 1.38. The van der Waals surface area contributed by atoms with E-state index >= 15 is 0 Å². The van der Waals surface area contributed by atoms with Gasteiger partial charge in [-0.05, 0) is 48.3 Å². The smallest absolute Gasteiger partial charge is 0.267 e. The molecule has 0 aromatic heterocycles. The van der Waals surface area contributed by atoms with Gasteiger partial charge in [-0.3, -0.25) is 4.79 Å². The molecule has 1 aromatic rings. The van der Waals surface area contributed by atoms with Gasteiger partial charge in [-0.25, -0.2) is 0 Å². The van der Waals surface area contributed by atoms with Crippen LogP contribution in [-0.4, -0.2) is 49.4 Å². The summed E-state index contributed by atoms with van der Waals surface area (Å²) < 4.78 is 10.7. The molecule has 1 saturated heterocycles. The fraction of sp³-hybridized carbons (Fsp3) is 0.636. The molecule has 2 fully saturated rings. The molecule has 6 nitrogen and oxygen atoms in total. The predicted octanol–water partition coefficient (Wildman–Crippen LogP) is 3.62. The first kappa shape index (κ1) is 19.1. The number of amides is 1. The Morgan fingerprint density at radius 3 is 2.64 bits per heavy atom. The Kier molecular flexibility index (Phi) is 4.55. The lowest BCUT2D eigenvalue weighted by molar-refractivity contribution is -0.143. The van der Waals surface area contributed by atoms with Crippen molar-refractivity contribution >= 4 is 11.6 Å². The van der Waals surface area contributed by atoms with Gasteiger partial charge in [0.1, 0.15) is 0 Å². The SMILES string of the molecule is COc1ccc(C2=NOC(C(=O)N3CC4(C)CC3CC(C)(C)C4)C2)cc1OC. The van der Waals surface area contributed by atoms with Crippen LogP contribution in [-0.2, 0) is 9.63 Å². The lowest BCUT2D eigenvalue weighted by Crippen LogP contribution is -2.43. The Bertz CT molecular complexity index is 819. The van der Waals surface area contributed by atoms with Crippen molar-refractivity contribution in [3.63, 3.8) is 0 Å². The van der Waals surface area contributed by atoms with Gasteiger partial charge in [0, 0.05) is 24.6 Å². The first-order chi connectivity index (χ1) is 13.2. The fourth-order valence-electron chi connectivity index (χ4n) is 5.60. The van der Waals surface area contributed by atoms with Crippen molar-refractivity contribution in [2.75, 3.05) is 20.8 Å². The average molecular weight is 386 g/mol. The van der Waals surface area contributed by atoms with Gasteiger partial charge in [-0.1, -0.05) is 25.9 Å². The van der Waals surface area contributed by atoms with E-state index in [0.717, 1.165) is 30.7 Å². The van der Waals surface area contributed by atoms with Crippen molar-refractivity contribution in [1.82, 2.24) is 4.90 Å². The van der Waals surface area contributed by atoms with Crippen LogP contribution in [0.2, 0.25) is 0 Å². The molecule has 0 N–H and O–H groups in total. The van der Waals surface area contributed by atoms with Crippen LogP contribution in [0, 0.1) is 10.8 Å². The molecule has 3 unspecified atom stereocenters. The zero-order valence-electron chi connectivity index (χ0n) is 17.4. The number of carbonyl (C=O) groups excluding carboxylic acids is 1. The minimum atomic E-state index is -0.533. The lowest BCUT2D eigenvalue weighted by atomic mass is 9.65. The Labute approximate surface area is 166 Å². The zero-order chi connectivity index (χ0) is 20.1. The molecule has 0 radical (unpaired) electrons. The van der Waals surface area contributed by atoms with Crippen LogP contribution in [0.1, 0.15) is 52.0 Å². The van der Waals surface area contributed by atoms with Crippen LogP contribution in [0.5, 0.6) is 11.5 Å². The minimum Gasteiger partial charge on any atom is -0.493 e. The van der Waals surface area contributed by atoms with Gasteiger partial charge < -0.3 is 19.2 Å². The number of rotatable bonds is 4. The molecule has 2 bridgehead atoms. The number of methoxy groups -OCH3 is 2. The van der Waals surface area contributed by atoms with Gasteiger partial charge in [0.15, 0.2) is 11.5 Å². The number of nitrogens with zero attached hydrogens (tertiary/aromatic N) is 2. The van der Waals surface area contributed by atoms with E-state index in [1.807, 2.05) is 18.2 Å². The Hall–Kier alpha value is -2.24. The van der Waals surface area contributed by atoms with Crippen LogP contribution in [0.4, 0.5) is 0 Å². The molecule has 2 aliphatic heterocycles. The zero-order valence-corrected chi connectivity index (χ0v) is 17.4. The van der Waals surface area contributed by atoms with Crippen LogP contribution in [0.3, 0.4) is 0 Å². The van der Waals surface area contributed by atoms with Gasteiger partial charge in [0.05, 0.1) is 19.9 Å². The van der Waals surface area contributed by atoms with Gasteiger partial charge in [-0.15, -0.1) is 0 Å². The molecule has 1 aromatic carbocycles. The average Bonchev–Trinajstić information content (AvgIpc) is 3.22. The number of hydrogen-bond acceptors (Lipinski definition) is 5. The maximum absolute atomic E-state index is 13.2. The Morgan fingerprint density at radius 2 is 1.93 bits per heavy atom. The third-order valence-electron chi connectivity index (χ3n) is 6.36. The van der Waals surface area contributed by atoms with Crippen LogP contribution in [0.25, 0.3) is 0 Å². The topological polar surface area (TPSA) is 60.4 Å². The van der Waals surface area contributed by atoms with Crippen LogP contribution >= 0.6 is 0 Å². The standard InChI is InChI=1S/C22H30N2O4/c1-21(2)10-15-11-22(3,12-21)13-24(15)20(25)19-9-16(23-28-19)14-6-7-17(26-4)18(8-14)27-5/h6-8,15,19H,9-13H2,1-5H3. The summed E-state index contributed by atoms with van der Waals surface area (Å²) in [6.07, 6.45) is 3.27. The molecule has 152 valence electrons. The third-order valence-corrected chi connectivity index (χ3v) is 6.36. The van der Waals surface area contributed by atoms with E-state index in [1.54, 1.807) is 14.2 Å². The molecule has 3 aliphatic rings. The molecule has 0 spiro atoms. The summed E-state index contributed by atoms with van der Waals surface area (Å²) in [4.78, 5) is 20.9. The van der Waals surface area contributed by atoms with E-state index in [0.29, 0.717) is 24.0 Å². The second-order valence-electron chi connectivity index (χ2n) is 9.59. The van der Waals surface area contributed by atoms with E-state index in [-0.39, 0.29) is 16.7 Å². The number of benzene rings is 1. The molecule has 1 saturated carbocycles. The normalized spacial score (nSPS) is 30.6. The second kappa shape index (κ2) is 6.68. The van der Waals surface area contributed by atoms with Gasteiger partial charge in [0.2, 0.25) is 6.10 Å². The fourth-order valence-corrected chi connectivity index (χ4v) is 5.60. The molecule has 1 aliphatic carbocycles. The van der Waals surface area contributed by atoms with Gasteiger partial charge >= 0.3 is 0 Å². The maximum atomic E-state index is 13.2. The molecular weight excluding hydrogens is 356 g/mol. The van der Waals surface area contributed by atoms with Gasteiger partial charge in [-0.2, -0.15) is 0 Å². The van der Waals surface area contributed by atoms with Crippen molar-refractivity contribution in [1.29, 1.82) is 0 Å². The molecule has 4 rings (SSSR count). The van der Waals surface area contributed by atoms with Gasteiger partial charge in [0.25, 0.3) is 5.91 Å². The van der Waals surface area contributed by atoms with Crippen LogP contribution in [0.15, 0.2) is 23.4 Å². The molecule has 2 heterocycles. The van der Waals surface area contributed by atoms with E-state index in [2.05, 4.69) is 30.8 Å². The number of ether oxygens (including phenoxy) is 2. The van der Waals surface area contributed by atoms with Crippen molar-refractivity contribution in [2.24, 2.45) is 16.0 Å². The van der Waals surface area contributed by atoms with Crippen molar-refractivity contribution in [2.45, 2.75) is 58.6 Å². The largest absolute Gasteiger partial charge is 0.493 e. The number of oxime groups is 1. The highest BCUT2D eigenvalue weighted by Gasteiger charge is 2.52. The van der Waals surface area contributed by atoms with Crippen molar-refractivity contribution in [3.05, 3.63) is 23.8 Å². The van der Waals surface area contributed by atoms with Crippen molar-refractivity contribution < 1.29 is 19.1 Å². The summed E-state index contributed by atoms with van der Waals surface area (Å²) in [6, 6.07) is 5.96. The van der Waals surface area contributed by atoms with E-state index in [9.17, 15) is 4.79 Å². The summed E-state index contributed by atoms with van der Waals surface area (Å²) in [7, 11) is 3.21. The molecule has 28 heavy (non-hydrogen) atoms. The second-order valence-corrected chi connectivity index (χ2v) is 9.59. The number of fused-ring (bicyclic) bond motifs is 2. The first-order valence-electron chi connectivity index (χ1n) is 9.99. The molecular formula is C22H30N2O4. The molecule has 3 atom stereocenters. The summed E-state index contributed by atoms with van der Waals surface area (Å²) in [5.41, 5.74) is 2.16. The maximum Gasteiger partial charge on any atom is 0.267 e. The Balaban J connectivity index is 1.46. The quantitative estimate of drug-likeness (QED) is 0.793. The lowest BCUT2D eigenvalue weighted by Gasteiger charge is -2.39. The van der Waals surface area contributed by atoms with Crippen LogP contribution < -0.4 is 9.47 Å². The summed E-state index contributed by atoms with van der Waals surface area (Å²) in [5, 5.41) is 4.21. The molecule has 1 amide bonds. The molecule has 6 heteroatoms.